The van der Waals surface area contributed by atoms with Gasteiger partial charge in [0.2, 0.25) is 5.13 Å². The van der Waals surface area contributed by atoms with Crippen molar-refractivity contribution in [3.63, 3.8) is 0 Å². The van der Waals surface area contributed by atoms with Crippen LogP contribution in [-0.2, 0) is 6.54 Å². The molecule has 8 nitrogen and oxygen atoms in total. The molecule has 1 N–H and O–H groups in total. The van der Waals surface area contributed by atoms with Crippen LogP contribution in [0.2, 0.25) is 0 Å². The summed E-state index contributed by atoms with van der Waals surface area (Å²) in [5, 5.41) is 14.2. The second-order valence-corrected chi connectivity index (χ2v) is 11.1. The predicted molar refractivity (Wildman–Crippen MR) is 154 cm³/mol. The Bertz CT molecular complexity index is 1640. The number of rotatable bonds is 7. The number of halogens is 1. The van der Waals surface area contributed by atoms with Gasteiger partial charge < -0.3 is 19.5 Å². The van der Waals surface area contributed by atoms with Crippen LogP contribution in [0.5, 0.6) is 5.75 Å². The number of piperidine rings is 1. The average Bonchev–Trinajstić information content (AvgIpc) is 3.74. The first-order valence-corrected chi connectivity index (χ1v) is 14.2. The van der Waals surface area contributed by atoms with Gasteiger partial charge in [0, 0.05) is 42.5 Å². The van der Waals surface area contributed by atoms with Crippen LogP contribution in [0.3, 0.4) is 0 Å². The summed E-state index contributed by atoms with van der Waals surface area (Å²) in [6.07, 6.45) is 7.37. The van der Waals surface area contributed by atoms with Crippen LogP contribution in [0.15, 0.2) is 73.3 Å². The average molecular weight is 554 g/mol. The van der Waals surface area contributed by atoms with E-state index >= 15 is 0 Å². The molecule has 0 aliphatic carbocycles. The summed E-state index contributed by atoms with van der Waals surface area (Å²) < 4.78 is 22.3. The van der Waals surface area contributed by atoms with E-state index in [4.69, 9.17) is 4.74 Å². The Morgan fingerprint density at radius 1 is 1.07 bits per heavy atom. The molecule has 5 heterocycles. The molecule has 40 heavy (non-hydrogen) atoms. The van der Waals surface area contributed by atoms with E-state index in [9.17, 15) is 4.39 Å². The number of nitrogens with zero attached hydrogens (tertiary/aromatic N) is 6. The lowest BCUT2D eigenvalue weighted by Crippen LogP contribution is -2.36. The number of nitrogens with one attached hydrogen (secondary N) is 1. The van der Waals surface area contributed by atoms with Crippen LogP contribution in [0.1, 0.15) is 30.0 Å². The van der Waals surface area contributed by atoms with Crippen molar-refractivity contribution in [2.75, 3.05) is 30.4 Å². The van der Waals surface area contributed by atoms with Crippen LogP contribution >= 0.6 is 11.3 Å². The number of methoxy groups -OCH3 is 1. The SMILES string of the molecule is COc1ccc(CNc2cc(-c3nnc(N4CCC(C5c6c(F)cccc6-c6cncn65)CC4)s3)ccn2)cc1. The molecule has 0 bridgehead atoms. The van der Waals surface area contributed by atoms with Gasteiger partial charge in [-0.2, -0.15) is 0 Å². The molecule has 2 aliphatic heterocycles. The number of benzene rings is 2. The number of imidazole rings is 1. The first-order valence-electron chi connectivity index (χ1n) is 13.4. The fraction of sp³-hybridized carbons (Fsp3) is 0.267. The summed E-state index contributed by atoms with van der Waals surface area (Å²) >= 11 is 1.59. The minimum atomic E-state index is -0.127. The highest BCUT2D eigenvalue weighted by Gasteiger charge is 2.38. The monoisotopic (exact) mass is 553 g/mol. The molecule has 0 amide bonds. The molecule has 1 atom stereocenters. The molecule has 1 fully saturated rings. The van der Waals surface area contributed by atoms with E-state index in [1.807, 2.05) is 55.0 Å². The minimum absolute atomic E-state index is 0.0125. The number of aromatic nitrogens is 5. The van der Waals surface area contributed by atoms with Gasteiger partial charge in [0.15, 0.2) is 0 Å². The molecule has 0 saturated carbocycles. The number of pyridine rings is 1. The van der Waals surface area contributed by atoms with Crippen molar-refractivity contribution in [1.29, 1.82) is 0 Å². The van der Waals surface area contributed by atoms with E-state index < -0.39 is 0 Å². The lowest BCUT2D eigenvalue weighted by molar-refractivity contribution is 0.311. The maximum atomic E-state index is 15.0. The second kappa shape index (κ2) is 10.3. The largest absolute Gasteiger partial charge is 0.497 e. The van der Waals surface area contributed by atoms with Crippen LogP contribution < -0.4 is 15.0 Å². The third-order valence-corrected chi connectivity index (χ3v) is 8.93. The van der Waals surface area contributed by atoms with Crippen LogP contribution in [0, 0.1) is 11.7 Å². The van der Waals surface area contributed by atoms with E-state index in [1.54, 1.807) is 36.8 Å². The van der Waals surface area contributed by atoms with Gasteiger partial charge in [-0.3, -0.25) is 0 Å². The smallest absolute Gasteiger partial charge is 0.208 e. The predicted octanol–water partition coefficient (Wildman–Crippen LogP) is 6.04. The Balaban J connectivity index is 1.02. The van der Waals surface area contributed by atoms with Crippen LogP contribution in [0.25, 0.3) is 21.8 Å². The summed E-state index contributed by atoms with van der Waals surface area (Å²) in [5.41, 5.74) is 4.91. The molecule has 1 unspecified atom stereocenters. The molecular weight excluding hydrogens is 525 g/mol. The zero-order chi connectivity index (χ0) is 27.1. The molecule has 3 aromatic heterocycles. The maximum absolute atomic E-state index is 15.0. The van der Waals surface area contributed by atoms with Gasteiger partial charge in [-0.15, -0.1) is 10.2 Å². The Labute approximate surface area is 235 Å². The van der Waals surface area contributed by atoms with E-state index in [1.165, 1.54) is 0 Å². The third kappa shape index (κ3) is 4.48. The van der Waals surface area contributed by atoms with Crippen molar-refractivity contribution in [2.24, 2.45) is 5.92 Å². The standard InChI is InChI=1S/C30H28FN7OS/c1-39-22-7-5-19(6-8-22)16-34-26-15-21(9-12-33-26)29-35-36-30(40-29)37-13-10-20(11-14-37)28-27-23(3-2-4-24(27)31)25-17-32-18-38(25)28/h2-9,12,15,17-18,20,28H,10-11,13-14,16H2,1H3,(H,33,34). The summed E-state index contributed by atoms with van der Waals surface area (Å²) in [6, 6.07) is 17.3. The van der Waals surface area contributed by atoms with Gasteiger partial charge in [-0.05, 0) is 54.7 Å². The second-order valence-electron chi connectivity index (χ2n) is 10.2. The Morgan fingerprint density at radius 3 is 2.75 bits per heavy atom. The zero-order valence-corrected chi connectivity index (χ0v) is 22.8. The molecular formula is C30H28FN7OS. The quantitative estimate of drug-likeness (QED) is 0.263. The normalized spacial score (nSPS) is 16.6. The highest BCUT2D eigenvalue weighted by Crippen LogP contribution is 2.47. The van der Waals surface area contributed by atoms with Gasteiger partial charge in [0.25, 0.3) is 0 Å². The third-order valence-electron chi connectivity index (χ3n) is 7.90. The molecule has 5 aromatic rings. The minimum Gasteiger partial charge on any atom is -0.497 e. The van der Waals surface area contributed by atoms with E-state index in [-0.39, 0.29) is 11.9 Å². The van der Waals surface area contributed by atoms with Crippen LogP contribution in [-0.4, -0.2) is 44.9 Å². The topological polar surface area (TPSA) is 81.0 Å². The van der Waals surface area contributed by atoms with Crippen molar-refractivity contribution >= 4 is 22.3 Å². The van der Waals surface area contributed by atoms with Crippen LogP contribution in [0.4, 0.5) is 15.3 Å². The number of anilines is 2. The van der Waals surface area contributed by atoms with E-state index in [0.717, 1.165) is 75.6 Å². The first kappa shape index (κ1) is 24.7. The maximum Gasteiger partial charge on any atom is 0.208 e. The van der Waals surface area contributed by atoms with Crippen molar-refractivity contribution in [3.05, 3.63) is 90.3 Å². The molecule has 7 rings (SSSR count). The van der Waals surface area contributed by atoms with Crippen molar-refractivity contribution in [3.8, 4) is 27.6 Å². The van der Waals surface area contributed by atoms with Gasteiger partial charge in [0.1, 0.15) is 22.4 Å². The van der Waals surface area contributed by atoms with Crippen molar-refractivity contribution in [1.82, 2.24) is 24.7 Å². The fourth-order valence-electron chi connectivity index (χ4n) is 5.86. The number of fused-ring (bicyclic) bond motifs is 3. The van der Waals surface area contributed by atoms with E-state index in [2.05, 4.69) is 34.9 Å². The molecule has 2 aromatic carbocycles. The van der Waals surface area contributed by atoms with E-state index in [0.29, 0.717) is 12.5 Å². The molecule has 0 spiro atoms. The molecule has 0 radical (unpaired) electrons. The van der Waals surface area contributed by atoms with Gasteiger partial charge in [-0.1, -0.05) is 35.6 Å². The molecule has 1 saturated heterocycles. The Morgan fingerprint density at radius 2 is 1.93 bits per heavy atom. The van der Waals surface area contributed by atoms with Gasteiger partial charge >= 0.3 is 0 Å². The number of ether oxygens (including phenoxy) is 1. The summed E-state index contributed by atoms with van der Waals surface area (Å²) in [4.78, 5) is 11.1. The van der Waals surface area contributed by atoms with Crippen molar-refractivity contribution in [2.45, 2.75) is 25.4 Å². The number of hydrogen-bond acceptors (Lipinski definition) is 8. The first-order chi connectivity index (χ1) is 19.7. The molecule has 2 aliphatic rings. The highest BCUT2D eigenvalue weighted by atomic mass is 32.1. The Hall–Kier alpha value is -4.31. The molecule has 202 valence electrons. The van der Waals surface area contributed by atoms with Gasteiger partial charge in [-0.25, -0.2) is 14.4 Å². The van der Waals surface area contributed by atoms with Gasteiger partial charge in [0.05, 0.1) is 31.4 Å². The van der Waals surface area contributed by atoms with Crippen molar-refractivity contribution < 1.29 is 9.13 Å². The number of hydrogen-bond donors (Lipinski definition) is 1. The lowest BCUT2D eigenvalue weighted by Gasteiger charge is -2.35. The Kier molecular flexibility index (Phi) is 6.39. The zero-order valence-electron chi connectivity index (χ0n) is 22.0. The summed E-state index contributed by atoms with van der Waals surface area (Å²) in [7, 11) is 1.66. The molecule has 10 heteroatoms. The summed E-state index contributed by atoms with van der Waals surface area (Å²) in [5.74, 6) is 1.82. The summed E-state index contributed by atoms with van der Waals surface area (Å²) in [6.45, 7) is 2.37. The lowest BCUT2D eigenvalue weighted by atomic mass is 9.85. The highest BCUT2D eigenvalue weighted by molar-refractivity contribution is 7.18. The fourth-order valence-corrected chi connectivity index (χ4v) is 6.75.